The molecule has 0 bridgehead atoms. The molecule has 2 amide bonds. The molecule has 1 aromatic heterocycles. The molecule has 1 saturated heterocycles. The van der Waals surface area contributed by atoms with Crippen LogP contribution in [0.1, 0.15) is 10.5 Å². The van der Waals surface area contributed by atoms with E-state index in [9.17, 15) is 14.4 Å². The normalized spacial score (nSPS) is 15.4. The standard InChI is InChI=1S/C12H15N3O4/c1-13-4-2-3-9(13)10(16)14-5-7-15(8-6-14)11(17)12(18)19/h2-4H,5-8H2,1H3,(H,18,19). The Hall–Kier alpha value is -2.31. The molecule has 0 spiro atoms. The Morgan fingerprint density at radius 2 is 1.68 bits per heavy atom. The summed E-state index contributed by atoms with van der Waals surface area (Å²) in [5.74, 6) is -2.47. The molecule has 19 heavy (non-hydrogen) atoms. The largest absolute Gasteiger partial charge is 0.474 e. The fraction of sp³-hybridized carbons (Fsp3) is 0.417. The van der Waals surface area contributed by atoms with Gasteiger partial charge in [0.15, 0.2) is 0 Å². The summed E-state index contributed by atoms with van der Waals surface area (Å²) in [6.45, 7) is 1.20. The summed E-state index contributed by atoms with van der Waals surface area (Å²) in [4.78, 5) is 36.9. The highest BCUT2D eigenvalue weighted by Gasteiger charge is 2.28. The monoisotopic (exact) mass is 265 g/mol. The van der Waals surface area contributed by atoms with Crippen LogP contribution in [-0.2, 0) is 16.6 Å². The molecule has 1 fully saturated rings. The zero-order valence-corrected chi connectivity index (χ0v) is 10.6. The fourth-order valence-electron chi connectivity index (χ4n) is 2.09. The Morgan fingerprint density at radius 1 is 1.11 bits per heavy atom. The van der Waals surface area contributed by atoms with Gasteiger partial charge in [0.05, 0.1) is 0 Å². The van der Waals surface area contributed by atoms with Gasteiger partial charge < -0.3 is 19.5 Å². The fourth-order valence-corrected chi connectivity index (χ4v) is 2.09. The van der Waals surface area contributed by atoms with Crippen LogP contribution in [0.3, 0.4) is 0 Å². The van der Waals surface area contributed by atoms with Crippen LogP contribution in [0.4, 0.5) is 0 Å². The Bertz CT molecular complexity index is 515. The van der Waals surface area contributed by atoms with Crippen LogP contribution in [0.5, 0.6) is 0 Å². The van der Waals surface area contributed by atoms with Gasteiger partial charge in [-0.2, -0.15) is 0 Å². The van der Waals surface area contributed by atoms with E-state index in [0.717, 1.165) is 0 Å². The number of hydrogen-bond acceptors (Lipinski definition) is 3. The first-order valence-corrected chi connectivity index (χ1v) is 5.93. The Morgan fingerprint density at radius 3 is 2.16 bits per heavy atom. The zero-order chi connectivity index (χ0) is 14.0. The first kappa shape index (κ1) is 13.1. The third kappa shape index (κ3) is 2.59. The average molecular weight is 265 g/mol. The molecule has 0 aromatic carbocycles. The molecule has 7 heteroatoms. The van der Waals surface area contributed by atoms with E-state index < -0.39 is 11.9 Å². The number of nitrogens with zero attached hydrogens (tertiary/aromatic N) is 3. The number of hydrogen-bond donors (Lipinski definition) is 1. The predicted octanol–water partition coefficient (Wildman–Crippen LogP) is -0.606. The third-order valence-corrected chi connectivity index (χ3v) is 3.20. The van der Waals surface area contributed by atoms with E-state index in [1.165, 1.54) is 4.90 Å². The van der Waals surface area contributed by atoms with E-state index in [2.05, 4.69) is 0 Å². The number of carbonyl (C=O) groups excluding carboxylic acids is 2. The highest BCUT2D eigenvalue weighted by atomic mass is 16.4. The van der Waals surface area contributed by atoms with Crippen LogP contribution in [0.2, 0.25) is 0 Å². The number of carbonyl (C=O) groups is 3. The van der Waals surface area contributed by atoms with Gasteiger partial charge in [-0.1, -0.05) is 0 Å². The average Bonchev–Trinajstić information content (AvgIpc) is 2.83. The maximum Gasteiger partial charge on any atom is 0.394 e. The van der Waals surface area contributed by atoms with Gasteiger partial charge in [-0.25, -0.2) is 4.79 Å². The van der Waals surface area contributed by atoms with E-state index in [4.69, 9.17) is 5.11 Å². The first-order chi connectivity index (χ1) is 9.00. The van der Waals surface area contributed by atoms with E-state index >= 15 is 0 Å². The molecule has 0 atom stereocenters. The van der Waals surface area contributed by atoms with Crippen molar-refractivity contribution in [1.82, 2.24) is 14.4 Å². The van der Waals surface area contributed by atoms with Crippen molar-refractivity contribution >= 4 is 17.8 Å². The van der Waals surface area contributed by atoms with Gasteiger partial charge in [-0.3, -0.25) is 9.59 Å². The minimum absolute atomic E-state index is 0.102. The lowest BCUT2D eigenvalue weighted by Crippen LogP contribution is -2.52. The molecule has 1 aliphatic heterocycles. The lowest BCUT2D eigenvalue weighted by atomic mass is 10.2. The van der Waals surface area contributed by atoms with Crippen LogP contribution in [0, 0.1) is 0 Å². The summed E-state index contributed by atoms with van der Waals surface area (Å²) >= 11 is 0. The van der Waals surface area contributed by atoms with Crippen molar-refractivity contribution in [2.45, 2.75) is 0 Å². The number of aromatic nitrogens is 1. The molecular weight excluding hydrogens is 250 g/mol. The van der Waals surface area contributed by atoms with Crippen LogP contribution in [0.25, 0.3) is 0 Å². The second-order valence-corrected chi connectivity index (χ2v) is 4.39. The molecule has 7 nitrogen and oxygen atoms in total. The second-order valence-electron chi connectivity index (χ2n) is 4.39. The Balaban J connectivity index is 1.97. The lowest BCUT2D eigenvalue weighted by Gasteiger charge is -2.33. The van der Waals surface area contributed by atoms with E-state index in [-0.39, 0.29) is 19.0 Å². The van der Waals surface area contributed by atoms with Gasteiger partial charge in [-0.15, -0.1) is 0 Å². The summed E-state index contributed by atoms with van der Waals surface area (Å²) < 4.78 is 1.73. The Labute approximate surface area is 110 Å². The minimum atomic E-state index is -1.46. The van der Waals surface area contributed by atoms with Gasteiger partial charge in [-0.05, 0) is 12.1 Å². The smallest absolute Gasteiger partial charge is 0.394 e. The molecule has 1 N–H and O–H groups in total. The zero-order valence-electron chi connectivity index (χ0n) is 10.6. The molecule has 0 radical (unpaired) electrons. The SMILES string of the molecule is Cn1cccc1C(=O)N1CCN(C(=O)C(=O)O)CC1. The van der Waals surface area contributed by atoms with Crippen LogP contribution >= 0.6 is 0 Å². The maximum atomic E-state index is 12.2. The second kappa shape index (κ2) is 5.13. The van der Waals surface area contributed by atoms with Gasteiger partial charge in [0.1, 0.15) is 5.69 Å². The van der Waals surface area contributed by atoms with E-state index in [1.54, 1.807) is 34.8 Å². The number of rotatable bonds is 1. The topological polar surface area (TPSA) is 82.9 Å². The molecule has 102 valence electrons. The number of carboxylic acid groups (broad SMARTS) is 1. The summed E-state index contributed by atoms with van der Waals surface area (Å²) in [5.41, 5.74) is 0.581. The number of aliphatic carboxylic acids is 1. The minimum Gasteiger partial charge on any atom is -0.474 e. The van der Waals surface area contributed by atoms with Crippen LogP contribution in [-0.4, -0.2) is 63.4 Å². The summed E-state index contributed by atoms with van der Waals surface area (Å²) in [6, 6.07) is 3.52. The van der Waals surface area contributed by atoms with Crippen molar-refractivity contribution in [3.63, 3.8) is 0 Å². The number of aryl methyl sites for hydroxylation is 1. The molecule has 1 aromatic rings. The molecule has 0 aliphatic carbocycles. The highest BCUT2D eigenvalue weighted by molar-refractivity contribution is 6.31. The quantitative estimate of drug-likeness (QED) is 0.687. The summed E-state index contributed by atoms with van der Waals surface area (Å²) in [7, 11) is 1.79. The molecule has 0 saturated carbocycles. The third-order valence-electron chi connectivity index (χ3n) is 3.20. The van der Waals surface area contributed by atoms with Gasteiger partial charge in [0, 0.05) is 39.4 Å². The lowest BCUT2D eigenvalue weighted by molar-refractivity contribution is -0.156. The molecule has 2 rings (SSSR count). The van der Waals surface area contributed by atoms with Gasteiger partial charge in [0.25, 0.3) is 5.91 Å². The van der Waals surface area contributed by atoms with Gasteiger partial charge in [0.2, 0.25) is 0 Å². The van der Waals surface area contributed by atoms with Crippen molar-refractivity contribution < 1.29 is 19.5 Å². The summed E-state index contributed by atoms with van der Waals surface area (Å²) in [6.07, 6.45) is 1.79. The number of piperazine rings is 1. The first-order valence-electron chi connectivity index (χ1n) is 5.93. The molecule has 2 heterocycles. The van der Waals surface area contributed by atoms with Crippen molar-refractivity contribution in [2.24, 2.45) is 7.05 Å². The van der Waals surface area contributed by atoms with Gasteiger partial charge >= 0.3 is 11.9 Å². The van der Waals surface area contributed by atoms with E-state index in [1.807, 2.05) is 0 Å². The van der Waals surface area contributed by atoms with Crippen molar-refractivity contribution in [3.05, 3.63) is 24.0 Å². The molecule has 0 unspecified atom stereocenters. The number of amides is 2. The van der Waals surface area contributed by atoms with Crippen LogP contribution in [0.15, 0.2) is 18.3 Å². The van der Waals surface area contributed by atoms with Crippen molar-refractivity contribution in [2.75, 3.05) is 26.2 Å². The van der Waals surface area contributed by atoms with E-state index in [0.29, 0.717) is 18.8 Å². The predicted molar refractivity (Wildman–Crippen MR) is 65.5 cm³/mol. The maximum absolute atomic E-state index is 12.2. The Kier molecular flexibility index (Phi) is 3.55. The highest BCUT2D eigenvalue weighted by Crippen LogP contribution is 2.09. The van der Waals surface area contributed by atoms with Crippen LogP contribution < -0.4 is 0 Å². The van der Waals surface area contributed by atoms with Crippen molar-refractivity contribution in [3.8, 4) is 0 Å². The molecular formula is C12H15N3O4. The molecule has 1 aliphatic rings. The summed E-state index contributed by atoms with van der Waals surface area (Å²) in [5, 5.41) is 8.62. The van der Waals surface area contributed by atoms with Crippen molar-refractivity contribution in [1.29, 1.82) is 0 Å². The number of carboxylic acids is 1.